The van der Waals surface area contributed by atoms with E-state index in [1.54, 1.807) is 12.1 Å². The lowest BCUT2D eigenvalue weighted by Crippen LogP contribution is -2.49. The molecule has 0 bridgehead atoms. The third-order valence-corrected chi connectivity index (χ3v) is 7.19. The molecule has 3 aliphatic rings. The van der Waals surface area contributed by atoms with Crippen LogP contribution < -0.4 is 5.32 Å². The van der Waals surface area contributed by atoms with Crippen molar-refractivity contribution < 1.29 is 9.18 Å². The lowest BCUT2D eigenvalue weighted by molar-refractivity contribution is 0.0905. The van der Waals surface area contributed by atoms with Gasteiger partial charge in [0.25, 0.3) is 0 Å². The van der Waals surface area contributed by atoms with Gasteiger partial charge in [0.1, 0.15) is 5.82 Å². The van der Waals surface area contributed by atoms with E-state index in [0.29, 0.717) is 12.0 Å². The van der Waals surface area contributed by atoms with Gasteiger partial charge in [-0.15, -0.1) is 0 Å². The number of nitrogens with one attached hydrogen (secondary N) is 1. The number of aryl methyl sites for hydroxylation is 1. The first-order valence-corrected chi connectivity index (χ1v) is 11.4. The fraction of sp³-hybridized carbons (Fsp3) is 0.480. The highest BCUT2D eigenvalue weighted by Gasteiger charge is 2.36. The van der Waals surface area contributed by atoms with E-state index in [9.17, 15) is 9.18 Å². The maximum Gasteiger partial charge on any atom is 0.317 e. The minimum absolute atomic E-state index is 0.0725. The van der Waals surface area contributed by atoms with Crippen LogP contribution in [0.25, 0.3) is 0 Å². The van der Waals surface area contributed by atoms with Crippen LogP contribution in [0.5, 0.6) is 0 Å². The quantitative estimate of drug-likeness (QED) is 0.803. The maximum atomic E-state index is 13.5. The number of hydrogen-bond donors (Lipinski definition) is 1. The highest BCUT2D eigenvalue weighted by Crippen LogP contribution is 2.47. The Balaban J connectivity index is 1.25. The maximum absolute atomic E-state index is 13.5. The van der Waals surface area contributed by atoms with E-state index in [4.69, 9.17) is 0 Å². The fourth-order valence-electron chi connectivity index (χ4n) is 5.42. The number of rotatable bonds is 5. The van der Waals surface area contributed by atoms with E-state index in [1.165, 1.54) is 22.3 Å². The number of urea groups is 1. The molecule has 2 aliphatic heterocycles. The molecule has 6 heteroatoms. The van der Waals surface area contributed by atoms with Crippen LogP contribution in [0.15, 0.2) is 42.5 Å². The largest absolute Gasteiger partial charge is 0.336 e. The summed E-state index contributed by atoms with van der Waals surface area (Å²) >= 11 is 0. The minimum Gasteiger partial charge on any atom is -0.336 e. The number of carbonyl (C=O) groups excluding carboxylic acids is 1. The summed E-state index contributed by atoms with van der Waals surface area (Å²) in [7, 11) is 0. The predicted molar refractivity (Wildman–Crippen MR) is 120 cm³/mol. The van der Waals surface area contributed by atoms with Gasteiger partial charge in [0.15, 0.2) is 0 Å². The molecule has 2 aromatic rings. The molecule has 0 saturated carbocycles. The van der Waals surface area contributed by atoms with Gasteiger partial charge in [-0.3, -0.25) is 9.80 Å². The highest BCUT2D eigenvalue weighted by atomic mass is 19.1. The molecule has 1 aliphatic carbocycles. The standard InChI is InChI=1S/C25H31FN4O/c1-18-2-7-21-23(16-18)22(19-3-5-20(26)6-4-19)17-24(21)29-13-10-28(11-14-29)12-15-30-9-8-27-25(30)31/h2-7,16,22,24H,8-15,17H2,1H3,(H,27,31)/t22-,24+/m1/s1. The van der Waals surface area contributed by atoms with Crippen molar-refractivity contribution in [3.05, 3.63) is 70.5 Å². The van der Waals surface area contributed by atoms with Crippen LogP contribution in [0.3, 0.4) is 0 Å². The number of nitrogens with zero attached hydrogens (tertiary/aromatic N) is 3. The Morgan fingerprint density at radius 3 is 2.45 bits per heavy atom. The molecule has 0 radical (unpaired) electrons. The van der Waals surface area contributed by atoms with Gasteiger partial charge in [0.05, 0.1) is 0 Å². The molecule has 0 aromatic heterocycles. The van der Waals surface area contributed by atoms with Gasteiger partial charge in [-0.1, -0.05) is 35.9 Å². The van der Waals surface area contributed by atoms with Gasteiger partial charge in [-0.25, -0.2) is 9.18 Å². The molecule has 2 heterocycles. The summed E-state index contributed by atoms with van der Waals surface area (Å²) in [6.07, 6.45) is 1.05. The summed E-state index contributed by atoms with van der Waals surface area (Å²) in [6.45, 7) is 9.65. The second-order valence-corrected chi connectivity index (χ2v) is 9.08. The second kappa shape index (κ2) is 8.60. The SMILES string of the molecule is Cc1ccc2c(c1)[C@@H](c1ccc(F)cc1)C[C@@H]2N1CCN(CCN2CCNC2=O)CC1. The van der Waals surface area contributed by atoms with Crippen molar-refractivity contribution in [1.29, 1.82) is 0 Å². The molecule has 2 aromatic carbocycles. The van der Waals surface area contributed by atoms with Crippen LogP contribution in [-0.2, 0) is 0 Å². The van der Waals surface area contributed by atoms with Gasteiger partial charge in [0.2, 0.25) is 0 Å². The number of piperazine rings is 1. The van der Waals surface area contributed by atoms with Crippen LogP contribution >= 0.6 is 0 Å². The number of carbonyl (C=O) groups is 1. The summed E-state index contributed by atoms with van der Waals surface area (Å²) in [5.41, 5.74) is 5.32. The van der Waals surface area contributed by atoms with E-state index in [1.807, 2.05) is 17.0 Å². The predicted octanol–water partition coefficient (Wildman–Crippen LogP) is 3.35. The van der Waals surface area contributed by atoms with Crippen LogP contribution in [0.1, 0.15) is 40.6 Å². The fourth-order valence-corrected chi connectivity index (χ4v) is 5.42. The smallest absolute Gasteiger partial charge is 0.317 e. The van der Waals surface area contributed by atoms with Gasteiger partial charge < -0.3 is 10.2 Å². The van der Waals surface area contributed by atoms with Crippen LogP contribution in [-0.4, -0.2) is 73.1 Å². The third-order valence-electron chi connectivity index (χ3n) is 7.19. The summed E-state index contributed by atoms with van der Waals surface area (Å²) < 4.78 is 13.5. The second-order valence-electron chi connectivity index (χ2n) is 9.08. The topological polar surface area (TPSA) is 38.8 Å². The molecule has 2 saturated heterocycles. The first-order chi connectivity index (χ1) is 15.1. The molecular formula is C25H31FN4O. The van der Waals surface area contributed by atoms with Crippen molar-refractivity contribution in [2.75, 3.05) is 52.4 Å². The van der Waals surface area contributed by atoms with Crippen LogP contribution in [0.2, 0.25) is 0 Å². The Hall–Kier alpha value is -2.44. The molecule has 5 nitrogen and oxygen atoms in total. The first kappa shape index (κ1) is 20.5. The molecule has 1 N–H and O–H groups in total. The van der Waals surface area contributed by atoms with Crippen LogP contribution in [0.4, 0.5) is 9.18 Å². The molecule has 2 atom stereocenters. The van der Waals surface area contributed by atoms with E-state index in [0.717, 1.165) is 58.8 Å². The minimum atomic E-state index is -0.176. The third kappa shape index (κ3) is 4.19. The van der Waals surface area contributed by atoms with Crippen LogP contribution in [0, 0.1) is 12.7 Å². The zero-order valence-electron chi connectivity index (χ0n) is 18.2. The zero-order valence-corrected chi connectivity index (χ0v) is 18.2. The van der Waals surface area contributed by atoms with Crippen molar-refractivity contribution in [3.63, 3.8) is 0 Å². The summed E-state index contributed by atoms with van der Waals surface area (Å²) in [5.74, 6) is 0.150. The normalized spacial score (nSPS) is 24.5. The van der Waals surface area contributed by atoms with Gasteiger partial charge in [-0.2, -0.15) is 0 Å². The van der Waals surface area contributed by atoms with Crippen molar-refractivity contribution in [3.8, 4) is 0 Å². The van der Waals surface area contributed by atoms with Gasteiger partial charge in [0, 0.05) is 64.3 Å². The first-order valence-electron chi connectivity index (χ1n) is 11.4. The Morgan fingerprint density at radius 2 is 1.74 bits per heavy atom. The Kier molecular flexibility index (Phi) is 5.67. The Bertz CT molecular complexity index is 939. The summed E-state index contributed by atoms with van der Waals surface area (Å²) in [4.78, 5) is 18.8. The average molecular weight is 423 g/mol. The Labute approximate surface area is 183 Å². The molecular weight excluding hydrogens is 391 g/mol. The number of fused-ring (bicyclic) bond motifs is 1. The van der Waals surface area contributed by atoms with Gasteiger partial charge >= 0.3 is 6.03 Å². The van der Waals surface area contributed by atoms with E-state index in [-0.39, 0.29) is 11.8 Å². The molecule has 164 valence electrons. The summed E-state index contributed by atoms with van der Waals surface area (Å²) in [5, 5.41) is 2.87. The van der Waals surface area contributed by atoms with E-state index < -0.39 is 0 Å². The average Bonchev–Trinajstić information content (AvgIpc) is 3.36. The highest BCUT2D eigenvalue weighted by molar-refractivity contribution is 5.76. The van der Waals surface area contributed by atoms with Crippen molar-refractivity contribution >= 4 is 6.03 Å². The van der Waals surface area contributed by atoms with Crippen molar-refractivity contribution in [2.45, 2.75) is 25.3 Å². The Morgan fingerprint density at radius 1 is 0.968 bits per heavy atom. The van der Waals surface area contributed by atoms with Gasteiger partial charge in [-0.05, 0) is 42.2 Å². The lowest BCUT2D eigenvalue weighted by atomic mass is 9.92. The van der Waals surface area contributed by atoms with E-state index in [2.05, 4.69) is 40.2 Å². The molecule has 2 amide bonds. The summed E-state index contributed by atoms with van der Waals surface area (Å²) in [6, 6.07) is 14.4. The zero-order chi connectivity index (χ0) is 21.4. The monoisotopic (exact) mass is 422 g/mol. The molecule has 0 unspecified atom stereocenters. The number of hydrogen-bond acceptors (Lipinski definition) is 3. The van der Waals surface area contributed by atoms with Crippen molar-refractivity contribution in [2.24, 2.45) is 0 Å². The number of benzene rings is 2. The molecule has 0 spiro atoms. The molecule has 5 rings (SSSR count). The molecule has 31 heavy (non-hydrogen) atoms. The lowest BCUT2D eigenvalue weighted by Gasteiger charge is -2.39. The van der Waals surface area contributed by atoms with Crippen molar-refractivity contribution in [1.82, 2.24) is 20.0 Å². The number of halogens is 1. The molecule has 2 fully saturated rings. The number of amides is 2. The van der Waals surface area contributed by atoms with E-state index >= 15 is 0 Å².